The van der Waals surface area contributed by atoms with E-state index < -0.39 is 0 Å². The van der Waals surface area contributed by atoms with Gasteiger partial charge in [0.05, 0.1) is 10.1 Å². The van der Waals surface area contributed by atoms with Crippen molar-refractivity contribution in [3.8, 4) is 0 Å². The number of thiophene rings is 1. The van der Waals surface area contributed by atoms with Crippen LogP contribution in [0, 0.1) is 5.92 Å². The molecule has 0 saturated heterocycles. The molecule has 0 bridgehead atoms. The van der Waals surface area contributed by atoms with Gasteiger partial charge in [-0.05, 0) is 75.3 Å². The van der Waals surface area contributed by atoms with Crippen molar-refractivity contribution in [1.82, 2.24) is 24.5 Å². The summed E-state index contributed by atoms with van der Waals surface area (Å²) in [5, 5.41) is 8.65. The molecule has 1 atom stereocenters. The Morgan fingerprint density at radius 1 is 1.26 bits per heavy atom. The highest BCUT2D eigenvalue weighted by Gasteiger charge is 2.33. The summed E-state index contributed by atoms with van der Waals surface area (Å²) in [4.78, 5) is 26.2. The summed E-state index contributed by atoms with van der Waals surface area (Å²) in [6.07, 6.45) is 4.09. The van der Waals surface area contributed by atoms with Gasteiger partial charge in [0.2, 0.25) is 5.91 Å². The second kappa shape index (κ2) is 7.49. The van der Waals surface area contributed by atoms with Crippen LogP contribution in [-0.4, -0.2) is 42.9 Å². The number of benzene rings is 1. The van der Waals surface area contributed by atoms with Crippen LogP contribution in [0.4, 0.5) is 11.5 Å². The van der Waals surface area contributed by atoms with Crippen LogP contribution in [0.15, 0.2) is 24.5 Å². The van der Waals surface area contributed by atoms with Crippen LogP contribution < -0.4 is 5.32 Å². The van der Waals surface area contributed by atoms with Gasteiger partial charge in [-0.3, -0.25) is 4.79 Å². The Hall–Kier alpha value is -2.65. The number of nitrogens with zero attached hydrogens (tertiary/aromatic N) is 5. The fraction of sp³-hybridized carbons (Fsp3) is 0.409. The second-order valence-electron chi connectivity index (χ2n) is 8.99. The molecule has 1 N–H and O–H groups in total. The topological polar surface area (TPSA) is 83.9 Å². The van der Waals surface area contributed by atoms with Crippen LogP contribution in [0.2, 0.25) is 0 Å². The minimum Gasteiger partial charge on any atom is -0.341 e. The molecule has 1 amide bonds. The van der Waals surface area contributed by atoms with Crippen molar-refractivity contribution in [1.29, 1.82) is 0 Å². The summed E-state index contributed by atoms with van der Waals surface area (Å²) in [6, 6.07) is 6.00. The molecule has 4 aromatic rings. The number of rotatable bonds is 3. The van der Waals surface area contributed by atoms with Crippen molar-refractivity contribution < 1.29 is 4.79 Å². The number of anilines is 2. The molecule has 1 aliphatic rings. The van der Waals surface area contributed by atoms with Crippen molar-refractivity contribution in [2.24, 2.45) is 5.92 Å². The molecule has 0 saturated carbocycles. The predicted molar refractivity (Wildman–Crippen MR) is 126 cm³/mol. The first-order valence-electron chi connectivity index (χ1n) is 10.3. The van der Waals surface area contributed by atoms with E-state index in [-0.39, 0.29) is 17.4 Å². The van der Waals surface area contributed by atoms with Crippen LogP contribution in [0.3, 0.4) is 0 Å². The molecule has 0 aliphatic heterocycles. The standard InChI is InChI=1S/C22H24N6OS2/c1-22(2,3)28(4)21(29)12-5-7-14-16(9-12)30-20-18(14)19(23-11-24-20)25-13-6-8-15-17(10-13)31-27-26-15/h6,8,10-12H,5,7,9H2,1-4H3,(H,23,24,25)/t12-/m0/s1. The molecule has 0 radical (unpaired) electrons. The summed E-state index contributed by atoms with van der Waals surface area (Å²) in [5.74, 6) is 1.07. The summed E-state index contributed by atoms with van der Waals surface area (Å²) in [6.45, 7) is 6.23. The SMILES string of the molecule is CN(C(=O)[C@H]1CCc2c(sc3ncnc(Nc4ccc5nnsc5c4)c23)C1)C(C)(C)C. The molecule has 160 valence electrons. The van der Waals surface area contributed by atoms with Gasteiger partial charge in [-0.15, -0.1) is 16.4 Å². The van der Waals surface area contributed by atoms with Crippen LogP contribution in [-0.2, 0) is 17.6 Å². The van der Waals surface area contributed by atoms with Crippen LogP contribution in [0.25, 0.3) is 20.4 Å². The van der Waals surface area contributed by atoms with E-state index in [1.165, 1.54) is 22.0 Å². The number of aromatic nitrogens is 4. The first kappa shape index (κ1) is 20.3. The highest BCUT2D eigenvalue weighted by Crippen LogP contribution is 2.41. The quantitative estimate of drug-likeness (QED) is 0.481. The average Bonchev–Trinajstić information content (AvgIpc) is 3.35. The Labute approximate surface area is 188 Å². The number of hydrogen-bond acceptors (Lipinski definition) is 8. The monoisotopic (exact) mass is 452 g/mol. The molecule has 31 heavy (non-hydrogen) atoms. The maximum atomic E-state index is 13.0. The largest absolute Gasteiger partial charge is 0.341 e. The van der Waals surface area contributed by atoms with E-state index in [2.05, 4.69) is 45.6 Å². The number of hydrogen-bond donors (Lipinski definition) is 1. The van der Waals surface area contributed by atoms with E-state index in [4.69, 9.17) is 0 Å². The molecule has 0 unspecified atom stereocenters. The van der Waals surface area contributed by atoms with Crippen molar-refractivity contribution >= 4 is 60.7 Å². The molecular formula is C22H24N6OS2. The first-order chi connectivity index (χ1) is 14.8. The van der Waals surface area contributed by atoms with Gasteiger partial charge >= 0.3 is 0 Å². The molecule has 5 rings (SSSR count). The fourth-order valence-electron chi connectivity index (χ4n) is 4.01. The number of carbonyl (C=O) groups excluding carboxylic acids is 1. The molecule has 0 fully saturated rings. The third-order valence-corrected chi connectivity index (χ3v) is 7.89. The Morgan fingerprint density at radius 2 is 2.10 bits per heavy atom. The molecule has 0 spiro atoms. The van der Waals surface area contributed by atoms with Crippen molar-refractivity contribution in [2.75, 3.05) is 12.4 Å². The molecule has 1 aliphatic carbocycles. The third-order valence-electron chi connectivity index (χ3n) is 6.04. The van der Waals surface area contributed by atoms with E-state index in [0.717, 1.165) is 51.2 Å². The Balaban J connectivity index is 1.46. The van der Waals surface area contributed by atoms with Crippen LogP contribution >= 0.6 is 22.9 Å². The summed E-state index contributed by atoms with van der Waals surface area (Å²) in [7, 11) is 1.91. The molecule has 3 aromatic heterocycles. The molecule has 3 heterocycles. The predicted octanol–water partition coefficient (Wildman–Crippen LogP) is 4.80. The third kappa shape index (κ3) is 3.65. The van der Waals surface area contributed by atoms with Crippen molar-refractivity contribution in [3.63, 3.8) is 0 Å². The second-order valence-corrected chi connectivity index (χ2v) is 10.9. The van der Waals surface area contributed by atoms with E-state index >= 15 is 0 Å². The molecule has 7 nitrogen and oxygen atoms in total. The lowest BCUT2D eigenvalue weighted by Crippen LogP contribution is -2.46. The van der Waals surface area contributed by atoms with Crippen LogP contribution in [0.5, 0.6) is 0 Å². The maximum absolute atomic E-state index is 13.0. The van der Waals surface area contributed by atoms with Gasteiger partial charge in [0.25, 0.3) is 0 Å². The smallest absolute Gasteiger partial charge is 0.226 e. The Kier molecular flexibility index (Phi) is 4.90. The lowest BCUT2D eigenvalue weighted by Gasteiger charge is -2.35. The highest BCUT2D eigenvalue weighted by atomic mass is 32.1. The van der Waals surface area contributed by atoms with Crippen LogP contribution in [0.1, 0.15) is 37.6 Å². The zero-order valence-corrected chi connectivity index (χ0v) is 19.6. The zero-order valence-electron chi connectivity index (χ0n) is 18.0. The number of amides is 1. The van der Waals surface area contributed by atoms with Crippen molar-refractivity contribution in [3.05, 3.63) is 35.0 Å². The minimum absolute atomic E-state index is 0.0235. The van der Waals surface area contributed by atoms with E-state index in [1.807, 2.05) is 30.1 Å². The lowest BCUT2D eigenvalue weighted by atomic mass is 9.86. The summed E-state index contributed by atoms with van der Waals surface area (Å²) in [5.41, 5.74) is 2.96. The van der Waals surface area contributed by atoms with Gasteiger partial charge in [0.1, 0.15) is 22.5 Å². The fourth-order valence-corrected chi connectivity index (χ4v) is 5.88. The normalized spacial score (nSPS) is 16.5. The zero-order chi connectivity index (χ0) is 21.8. The Bertz CT molecular complexity index is 1290. The maximum Gasteiger partial charge on any atom is 0.226 e. The number of carbonyl (C=O) groups is 1. The Morgan fingerprint density at radius 3 is 2.90 bits per heavy atom. The van der Waals surface area contributed by atoms with Gasteiger partial charge < -0.3 is 10.2 Å². The lowest BCUT2D eigenvalue weighted by molar-refractivity contribution is -0.138. The van der Waals surface area contributed by atoms with E-state index in [9.17, 15) is 4.79 Å². The highest BCUT2D eigenvalue weighted by molar-refractivity contribution is 7.19. The van der Waals surface area contributed by atoms with Gasteiger partial charge in [0, 0.05) is 29.1 Å². The molecule has 9 heteroatoms. The van der Waals surface area contributed by atoms with Gasteiger partial charge in [-0.25, -0.2) is 9.97 Å². The average molecular weight is 453 g/mol. The van der Waals surface area contributed by atoms with Gasteiger partial charge in [-0.2, -0.15) is 0 Å². The van der Waals surface area contributed by atoms with Gasteiger partial charge in [-0.1, -0.05) is 4.49 Å². The summed E-state index contributed by atoms with van der Waals surface area (Å²) >= 11 is 3.07. The van der Waals surface area contributed by atoms with Gasteiger partial charge in [0.15, 0.2) is 0 Å². The number of aryl methyl sites for hydroxylation is 1. The number of fused-ring (bicyclic) bond motifs is 4. The molecular weight excluding hydrogens is 428 g/mol. The summed E-state index contributed by atoms with van der Waals surface area (Å²) < 4.78 is 5.04. The molecule has 1 aromatic carbocycles. The van der Waals surface area contributed by atoms with Crippen molar-refractivity contribution in [2.45, 2.75) is 45.6 Å². The first-order valence-corrected chi connectivity index (χ1v) is 11.9. The van der Waals surface area contributed by atoms with E-state index in [0.29, 0.717) is 0 Å². The minimum atomic E-state index is -0.172. The number of nitrogens with one attached hydrogen (secondary N) is 1. The van der Waals surface area contributed by atoms with E-state index in [1.54, 1.807) is 17.7 Å².